The van der Waals surface area contributed by atoms with Crippen LogP contribution in [-0.4, -0.2) is 27.6 Å². The van der Waals surface area contributed by atoms with E-state index in [1.807, 2.05) is 30.3 Å². The molecule has 0 aliphatic rings. The predicted molar refractivity (Wildman–Crippen MR) is 85.5 cm³/mol. The van der Waals surface area contributed by atoms with Crippen molar-refractivity contribution in [2.45, 2.75) is 6.42 Å². The molecule has 0 saturated carbocycles. The number of rotatable bonds is 4. The van der Waals surface area contributed by atoms with Crippen molar-refractivity contribution in [2.24, 2.45) is 0 Å². The molecule has 3 N–H and O–H groups in total. The van der Waals surface area contributed by atoms with E-state index in [4.69, 9.17) is 0 Å². The highest BCUT2D eigenvalue weighted by Crippen LogP contribution is 2.10. The Morgan fingerprint density at radius 2 is 1.96 bits per heavy atom. The van der Waals surface area contributed by atoms with E-state index in [0.29, 0.717) is 18.5 Å². The molecular weight excluding hydrogens is 296 g/mol. The Hall–Kier alpha value is -3.22. The van der Waals surface area contributed by atoms with Gasteiger partial charge in [0.1, 0.15) is 5.69 Å². The van der Waals surface area contributed by atoms with Crippen molar-refractivity contribution in [3.05, 3.63) is 74.4 Å². The number of nitrogens with zero attached hydrogens (tertiary/aromatic N) is 1. The topological polar surface area (TPSA) is 108 Å². The van der Waals surface area contributed by atoms with Gasteiger partial charge in [-0.3, -0.25) is 14.4 Å². The summed E-state index contributed by atoms with van der Waals surface area (Å²) in [6.07, 6.45) is 0.398. The molecule has 1 aromatic carbocycles. The molecule has 0 aliphatic carbocycles. The highest BCUT2D eigenvalue weighted by atomic mass is 16.2. The molecule has 3 rings (SSSR count). The van der Waals surface area contributed by atoms with E-state index in [1.165, 1.54) is 12.1 Å². The van der Waals surface area contributed by atoms with E-state index in [0.717, 1.165) is 10.9 Å². The van der Waals surface area contributed by atoms with Crippen LogP contribution in [0.1, 0.15) is 16.1 Å². The summed E-state index contributed by atoms with van der Waals surface area (Å²) in [6, 6.07) is 11.9. The summed E-state index contributed by atoms with van der Waals surface area (Å²) in [5.74, 6) is -0.404. The summed E-state index contributed by atoms with van der Waals surface area (Å²) >= 11 is 0. The summed E-state index contributed by atoms with van der Waals surface area (Å²) in [4.78, 5) is 37.6. The van der Waals surface area contributed by atoms with Crippen LogP contribution in [-0.2, 0) is 6.42 Å². The van der Waals surface area contributed by atoms with Crippen LogP contribution in [0, 0.1) is 0 Å². The molecule has 7 heteroatoms. The first-order chi connectivity index (χ1) is 11.1. The van der Waals surface area contributed by atoms with E-state index in [9.17, 15) is 14.4 Å². The third kappa shape index (κ3) is 3.34. The van der Waals surface area contributed by atoms with Crippen LogP contribution in [0.5, 0.6) is 0 Å². The van der Waals surface area contributed by atoms with Crippen molar-refractivity contribution in [3.63, 3.8) is 0 Å². The molecule has 0 spiro atoms. The first-order valence-corrected chi connectivity index (χ1v) is 7.08. The largest absolute Gasteiger partial charge is 0.350 e. The molecule has 1 amide bonds. The second-order valence-electron chi connectivity index (χ2n) is 5.02. The number of hydrogen-bond donors (Lipinski definition) is 3. The Morgan fingerprint density at radius 1 is 1.13 bits per heavy atom. The average Bonchev–Trinajstić information content (AvgIpc) is 2.56. The fourth-order valence-corrected chi connectivity index (χ4v) is 2.25. The van der Waals surface area contributed by atoms with Gasteiger partial charge in [0.2, 0.25) is 0 Å². The minimum absolute atomic E-state index is 0.122. The number of fused-ring (bicyclic) bond motifs is 1. The molecule has 0 saturated heterocycles. The van der Waals surface area contributed by atoms with Crippen LogP contribution in [0.15, 0.2) is 52.1 Å². The molecular formula is C16H14N4O3. The zero-order chi connectivity index (χ0) is 16.2. The Balaban J connectivity index is 1.67. The summed E-state index contributed by atoms with van der Waals surface area (Å²) in [6.45, 7) is 0.293. The van der Waals surface area contributed by atoms with Gasteiger partial charge in [-0.2, -0.15) is 5.10 Å². The SMILES string of the molecule is O=C(NCCc1cc2ccccc2[nH]c1=O)c1ccc(=O)[nH]n1. The van der Waals surface area contributed by atoms with Crippen molar-refractivity contribution in [1.29, 1.82) is 0 Å². The molecule has 3 aromatic rings. The number of carbonyl (C=O) groups excluding carboxylic acids is 1. The maximum absolute atomic E-state index is 12.0. The van der Waals surface area contributed by atoms with Gasteiger partial charge >= 0.3 is 0 Å². The molecule has 0 atom stereocenters. The maximum atomic E-state index is 12.0. The standard InChI is InChI=1S/C16H14N4O3/c21-14-6-5-13(19-20-14)16(23)17-8-7-11-9-10-3-1-2-4-12(10)18-15(11)22/h1-6,9H,7-8H2,(H,17,23)(H,18,22)(H,20,21). The molecule has 0 unspecified atom stereocenters. The number of benzene rings is 1. The number of hydrogen-bond acceptors (Lipinski definition) is 4. The molecule has 0 aliphatic heterocycles. The molecule has 23 heavy (non-hydrogen) atoms. The van der Waals surface area contributed by atoms with Gasteiger partial charge < -0.3 is 10.3 Å². The molecule has 0 radical (unpaired) electrons. The molecule has 2 heterocycles. The summed E-state index contributed by atoms with van der Waals surface area (Å²) in [5, 5.41) is 9.45. The van der Waals surface area contributed by atoms with Crippen molar-refractivity contribution in [1.82, 2.24) is 20.5 Å². The highest BCUT2D eigenvalue weighted by molar-refractivity contribution is 5.91. The Kier molecular flexibility index (Phi) is 4.01. The second-order valence-corrected chi connectivity index (χ2v) is 5.02. The molecule has 2 aromatic heterocycles. The lowest BCUT2D eigenvalue weighted by Gasteiger charge is -2.05. The van der Waals surface area contributed by atoms with Gasteiger partial charge in [-0.15, -0.1) is 0 Å². The lowest BCUT2D eigenvalue weighted by Crippen LogP contribution is -2.29. The number of aromatic amines is 2. The van der Waals surface area contributed by atoms with Crippen molar-refractivity contribution in [2.75, 3.05) is 6.54 Å². The van der Waals surface area contributed by atoms with Gasteiger partial charge in [-0.25, -0.2) is 5.10 Å². The van der Waals surface area contributed by atoms with Gasteiger partial charge in [0.15, 0.2) is 0 Å². The maximum Gasteiger partial charge on any atom is 0.271 e. The fraction of sp³-hybridized carbons (Fsp3) is 0.125. The van der Waals surface area contributed by atoms with Crippen LogP contribution in [0.2, 0.25) is 0 Å². The van der Waals surface area contributed by atoms with Crippen LogP contribution in [0.3, 0.4) is 0 Å². The van der Waals surface area contributed by atoms with Gasteiger partial charge in [0.05, 0.1) is 0 Å². The Bertz CT molecular complexity index is 954. The number of amides is 1. The average molecular weight is 310 g/mol. The first kappa shape index (κ1) is 14.7. The number of carbonyl (C=O) groups is 1. The van der Waals surface area contributed by atoms with Crippen LogP contribution >= 0.6 is 0 Å². The smallest absolute Gasteiger partial charge is 0.271 e. The first-order valence-electron chi connectivity index (χ1n) is 7.08. The lowest BCUT2D eigenvalue weighted by atomic mass is 10.1. The van der Waals surface area contributed by atoms with Gasteiger partial charge in [-0.1, -0.05) is 18.2 Å². The van der Waals surface area contributed by atoms with Crippen molar-refractivity contribution >= 4 is 16.8 Å². The van der Waals surface area contributed by atoms with E-state index >= 15 is 0 Å². The minimum Gasteiger partial charge on any atom is -0.350 e. The van der Waals surface area contributed by atoms with Gasteiger partial charge in [-0.05, 0) is 30.0 Å². The minimum atomic E-state index is -0.404. The van der Waals surface area contributed by atoms with E-state index in [2.05, 4.69) is 20.5 Å². The summed E-state index contributed by atoms with van der Waals surface area (Å²) < 4.78 is 0. The van der Waals surface area contributed by atoms with Crippen LogP contribution in [0.4, 0.5) is 0 Å². The quantitative estimate of drug-likeness (QED) is 0.655. The Labute approximate surface area is 130 Å². The number of H-pyrrole nitrogens is 2. The Morgan fingerprint density at radius 3 is 2.74 bits per heavy atom. The number of para-hydroxylation sites is 1. The number of aromatic nitrogens is 3. The van der Waals surface area contributed by atoms with Crippen molar-refractivity contribution < 1.29 is 4.79 Å². The zero-order valence-electron chi connectivity index (χ0n) is 12.1. The monoisotopic (exact) mass is 310 g/mol. The molecule has 7 nitrogen and oxygen atoms in total. The van der Waals surface area contributed by atoms with E-state index in [1.54, 1.807) is 0 Å². The van der Waals surface area contributed by atoms with Crippen molar-refractivity contribution in [3.8, 4) is 0 Å². The third-order valence-electron chi connectivity index (χ3n) is 3.42. The third-order valence-corrected chi connectivity index (χ3v) is 3.42. The normalized spacial score (nSPS) is 10.6. The van der Waals surface area contributed by atoms with Crippen LogP contribution < -0.4 is 16.4 Å². The van der Waals surface area contributed by atoms with E-state index < -0.39 is 5.91 Å². The molecule has 116 valence electrons. The summed E-state index contributed by atoms with van der Waals surface area (Å²) in [7, 11) is 0. The lowest BCUT2D eigenvalue weighted by molar-refractivity contribution is 0.0948. The van der Waals surface area contributed by atoms with Gasteiger partial charge in [0.25, 0.3) is 17.0 Å². The fourth-order valence-electron chi connectivity index (χ4n) is 2.25. The van der Waals surface area contributed by atoms with E-state index in [-0.39, 0.29) is 16.8 Å². The molecule has 0 fully saturated rings. The number of pyridine rings is 1. The van der Waals surface area contributed by atoms with Gasteiger partial charge in [0, 0.05) is 23.7 Å². The predicted octanol–water partition coefficient (Wildman–Crippen LogP) is 0.584. The second kappa shape index (κ2) is 6.27. The summed E-state index contributed by atoms with van der Waals surface area (Å²) in [5.41, 5.74) is 0.961. The highest BCUT2D eigenvalue weighted by Gasteiger charge is 2.08. The van der Waals surface area contributed by atoms with Crippen LogP contribution in [0.25, 0.3) is 10.9 Å². The zero-order valence-corrected chi connectivity index (χ0v) is 12.1. The number of nitrogens with one attached hydrogen (secondary N) is 3. The molecule has 0 bridgehead atoms.